The van der Waals surface area contributed by atoms with Gasteiger partial charge in [-0.2, -0.15) is 0 Å². The van der Waals surface area contributed by atoms with Crippen molar-refractivity contribution >= 4 is 29.1 Å². The van der Waals surface area contributed by atoms with E-state index in [4.69, 9.17) is 21.1 Å². The molecule has 2 aliphatic heterocycles. The Bertz CT molecular complexity index is 974. The number of nitrogens with zero attached hydrogens (tertiary/aromatic N) is 2. The molecular weight excluding hydrogens is 364 g/mol. The van der Waals surface area contributed by atoms with Crippen LogP contribution in [0.25, 0.3) is 0 Å². The van der Waals surface area contributed by atoms with Crippen LogP contribution in [-0.2, 0) is 17.9 Å². The normalized spacial score (nSPS) is 15.5. The summed E-state index contributed by atoms with van der Waals surface area (Å²) < 4.78 is 10.7. The minimum absolute atomic E-state index is 0.0179. The summed E-state index contributed by atoms with van der Waals surface area (Å²) in [5, 5.41) is 11.6. The molecule has 8 nitrogen and oxygen atoms in total. The third kappa shape index (κ3) is 2.51. The van der Waals surface area contributed by atoms with Crippen molar-refractivity contribution in [3.63, 3.8) is 0 Å². The highest BCUT2D eigenvalue weighted by Gasteiger charge is 2.41. The summed E-state index contributed by atoms with van der Waals surface area (Å²) in [5.74, 6) is -0.792. The number of rotatable bonds is 3. The van der Waals surface area contributed by atoms with Gasteiger partial charge >= 0.3 is 0 Å². The van der Waals surface area contributed by atoms with E-state index in [0.717, 1.165) is 4.90 Å². The lowest BCUT2D eigenvalue weighted by Gasteiger charge is -2.23. The van der Waals surface area contributed by atoms with Crippen molar-refractivity contribution in [2.24, 2.45) is 0 Å². The van der Waals surface area contributed by atoms with Gasteiger partial charge in [-0.15, -0.1) is 0 Å². The molecule has 0 saturated heterocycles. The van der Waals surface area contributed by atoms with Gasteiger partial charge in [-0.1, -0.05) is 17.7 Å². The van der Waals surface area contributed by atoms with Gasteiger partial charge in [-0.05, 0) is 18.2 Å². The molecule has 0 aromatic heterocycles. The van der Waals surface area contributed by atoms with E-state index in [-0.39, 0.29) is 30.2 Å². The number of ether oxygens (including phenoxy) is 2. The Morgan fingerprint density at radius 2 is 2.04 bits per heavy atom. The number of amides is 2. The van der Waals surface area contributed by atoms with Crippen LogP contribution < -0.4 is 4.74 Å². The average Bonchev–Trinajstić information content (AvgIpc) is 2.86. The number of fused-ring (bicyclic) bond motifs is 2. The van der Waals surface area contributed by atoms with Gasteiger partial charge in [0.1, 0.15) is 11.3 Å². The van der Waals surface area contributed by atoms with E-state index >= 15 is 0 Å². The van der Waals surface area contributed by atoms with Crippen LogP contribution in [0.15, 0.2) is 30.3 Å². The first-order chi connectivity index (χ1) is 12.5. The summed E-state index contributed by atoms with van der Waals surface area (Å²) in [6.07, 6.45) is 0. The molecular formula is C17H11ClN2O6. The number of halogens is 1. The molecule has 26 heavy (non-hydrogen) atoms. The van der Waals surface area contributed by atoms with Crippen molar-refractivity contribution < 1.29 is 24.0 Å². The molecule has 0 fully saturated rings. The van der Waals surface area contributed by atoms with Crippen LogP contribution in [0.5, 0.6) is 5.75 Å². The molecule has 2 amide bonds. The largest absolute Gasteiger partial charge is 0.467 e. The predicted octanol–water partition coefficient (Wildman–Crippen LogP) is 2.91. The maximum atomic E-state index is 12.7. The number of hydrogen-bond acceptors (Lipinski definition) is 6. The maximum absolute atomic E-state index is 12.7. The zero-order valence-electron chi connectivity index (χ0n) is 13.2. The molecule has 2 aliphatic rings. The first kappa shape index (κ1) is 16.5. The van der Waals surface area contributed by atoms with Crippen LogP contribution in [0.4, 0.5) is 5.69 Å². The van der Waals surface area contributed by atoms with Gasteiger partial charge in [-0.3, -0.25) is 24.6 Å². The highest BCUT2D eigenvalue weighted by atomic mass is 35.5. The van der Waals surface area contributed by atoms with E-state index in [1.165, 1.54) is 18.2 Å². The molecule has 4 rings (SSSR count). The van der Waals surface area contributed by atoms with Crippen molar-refractivity contribution in [1.29, 1.82) is 0 Å². The Morgan fingerprint density at radius 1 is 1.23 bits per heavy atom. The van der Waals surface area contributed by atoms with Crippen LogP contribution in [0.3, 0.4) is 0 Å². The standard InChI is InChI=1S/C17H11ClN2O6/c18-11-4-9(15-10(5-11)7-25-8-26-15)6-19-16(21)12-2-1-3-13(20(23)24)14(12)17(19)22/h1-5H,6-8H2. The Morgan fingerprint density at radius 3 is 2.81 bits per heavy atom. The van der Waals surface area contributed by atoms with E-state index in [2.05, 4.69) is 0 Å². The highest BCUT2D eigenvalue weighted by molar-refractivity contribution is 6.30. The minimum Gasteiger partial charge on any atom is -0.467 e. The fourth-order valence-corrected chi connectivity index (χ4v) is 3.42. The van der Waals surface area contributed by atoms with Gasteiger partial charge in [0.2, 0.25) is 0 Å². The maximum Gasteiger partial charge on any atom is 0.282 e. The molecule has 2 aromatic carbocycles. The molecule has 0 bridgehead atoms. The molecule has 0 saturated carbocycles. The van der Waals surface area contributed by atoms with Crippen LogP contribution in [0, 0.1) is 10.1 Å². The van der Waals surface area contributed by atoms with Crippen LogP contribution in [-0.4, -0.2) is 28.4 Å². The van der Waals surface area contributed by atoms with Crippen molar-refractivity contribution in [3.8, 4) is 5.75 Å². The Labute approximate surface area is 152 Å². The summed E-state index contributed by atoms with van der Waals surface area (Å²) in [4.78, 5) is 36.8. The predicted molar refractivity (Wildman–Crippen MR) is 89.0 cm³/mol. The van der Waals surface area contributed by atoms with Crippen LogP contribution in [0.1, 0.15) is 31.8 Å². The molecule has 132 valence electrons. The Kier molecular flexibility index (Phi) is 3.86. The fourth-order valence-electron chi connectivity index (χ4n) is 3.16. The molecule has 0 unspecified atom stereocenters. The third-order valence-electron chi connectivity index (χ3n) is 4.25. The third-order valence-corrected chi connectivity index (χ3v) is 4.47. The minimum atomic E-state index is -0.710. The lowest BCUT2D eigenvalue weighted by Crippen LogP contribution is -2.30. The van der Waals surface area contributed by atoms with Gasteiger partial charge in [-0.25, -0.2) is 0 Å². The van der Waals surface area contributed by atoms with Crippen molar-refractivity contribution in [3.05, 3.63) is 67.7 Å². The van der Waals surface area contributed by atoms with Crippen molar-refractivity contribution in [1.82, 2.24) is 4.90 Å². The molecule has 0 atom stereocenters. The first-order valence-electron chi connectivity index (χ1n) is 7.63. The second-order valence-electron chi connectivity index (χ2n) is 5.82. The first-order valence-corrected chi connectivity index (χ1v) is 8.00. The number of benzene rings is 2. The fraction of sp³-hybridized carbons (Fsp3) is 0.176. The SMILES string of the molecule is O=C1c2cccc([N+](=O)[O-])c2C(=O)N1Cc1cc(Cl)cc2c1OCOC2. The van der Waals surface area contributed by atoms with Crippen LogP contribution >= 0.6 is 11.6 Å². The summed E-state index contributed by atoms with van der Waals surface area (Å²) in [6.45, 7) is 0.248. The van der Waals surface area contributed by atoms with Crippen molar-refractivity contribution in [2.75, 3.05) is 6.79 Å². The lowest BCUT2D eigenvalue weighted by molar-refractivity contribution is -0.385. The zero-order chi connectivity index (χ0) is 18.4. The monoisotopic (exact) mass is 374 g/mol. The van der Waals surface area contributed by atoms with E-state index < -0.39 is 16.7 Å². The summed E-state index contributed by atoms with van der Waals surface area (Å²) in [6, 6.07) is 7.28. The summed E-state index contributed by atoms with van der Waals surface area (Å²) in [5.41, 5.74) is 0.683. The highest BCUT2D eigenvalue weighted by Crippen LogP contribution is 2.36. The van der Waals surface area contributed by atoms with E-state index in [9.17, 15) is 19.7 Å². The number of imide groups is 1. The summed E-state index contributed by atoms with van der Waals surface area (Å²) >= 11 is 6.11. The molecule has 2 heterocycles. The van der Waals surface area contributed by atoms with E-state index in [1.54, 1.807) is 12.1 Å². The molecule has 9 heteroatoms. The second-order valence-corrected chi connectivity index (χ2v) is 6.25. The average molecular weight is 375 g/mol. The number of carbonyl (C=O) groups excluding carboxylic acids is 2. The Balaban J connectivity index is 1.74. The topological polar surface area (TPSA) is 99.0 Å². The van der Waals surface area contributed by atoms with Gasteiger partial charge in [0.15, 0.2) is 6.79 Å². The molecule has 0 spiro atoms. The lowest BCUT2D eigenvalue weighted by atomic mass is 10.1. The second kappa shape index (κ2) is 6.08. The smallest absolute Gasteiger partial charge is 0.282 e. The number of nitro benzene ring substituents is 1. The Hall–Kier alpha value is -2.97. The zero-order valence-corrected chi connectivity index (χ0v) is 14.0. The molecule has 0 radical (unpaired) electrons. The van der Waals surface area contributed by atoms with Gasteiger partial charge in [0.25, 0.3) is 17.5 Å². The molecule has 2 aromatic rings. The number of hydrogen-bond donors (Lipinski definition) is 0. The molecule has 0 aliphatic carbocycles. The number of nitro groups is 1. The van der Waals surface area contributed by atoms with Crippen LogP contribution in [0.2, 0.25) is 5.02 Å². The van der Waals surface area contributed by atoms with Gasteiger partial charge in [0, 0.05) is 22.2 Å². The molecule has 0 N–H and O–H groups in total. The van der Waals surface area contributed by atoms with Gasteiger partial charge in [0.05, 0.1) is 23.6 Å². The summed E-state index contributed by atoms with van der Waals surface area (Å²) in [7, 11) is 0. The number of carbonyl (C=O) groups is 2. The van der Waals surface area contributed by atoms with E-state index in [1.807, 2.05) is 0 Å². The van der Waals surface area contributed by atoms with E-state index in [0.29, 0.717) is 28.5 Å². The quantitative estimate of drug-likeness (QED) is 0.465. The van der Waals surface area contributed by atoms with Crippen molar-refractivity contribution in [2.45, 2.75) is 13.2 Å². The van der Waals surface area contributed by atoms with Gasteiger partial charge < -0.3 is 9.47 Å².